The molecule has 0 unspecified atom stereocenters. The van der Waals surface area contributed by atoms with E-state index >= 15 is 0 Å². The molecule has 0 atom stereocenters. The van der Waals surface area contributed by atoms with Crippen molar-refractivity contribution in [3.63, 3.8) is 0 Å². The van der Waals surface area contributed by atoms with Crippen molar-refractivity contribution in [3.05, 3.63) is 48.0 Å². The zero-order chi connectivity index (χ0) is 13.0. The van der Waals surface area contributed by atoms with Gasteiger partial charge in [-0.1, -0.05) is 12.1 Å². The maximum absolute atomic E-state index is 5.37. The van der Waals surface area contributed by atoms with E-state index in [2.05, 4.69) is 15.0 Å². The Morgan fingerprint density at radius 1 is 1.28 bits per heavy atom. The van der Waals surface area contributed by atoms with Crippen LogP contribution in [0.5, 0.6) is 5.75 Å². The third kappa shape index (κ3) is 2.53. The second-order valence-electron chi connectivity index (χ2n) is 3.92. The summed E-state index contributed by atoms with van der Waals surface area (Å²) in [6, 6.07) is 5.88. The van der Waals surface area contributed by atoms with Crippen LogP contribution in [0.1, 0.15) is 18.2 Å². The van der Waals surface area contributed by atoms with Crippen molar-refractivity contribution in [2.45, 2.75) is 13.8 Å². The highest BCUT2D eigenvalue weighted by atomic mass is 16.5. The van der Waals surface area contributed by atoms with Gasteiger partial charge in [0.2, 0.25) is 0 Å². The van der Waals surface area contributed by atoms with Gasteiger partial charge in [0.1, 0.15) is 17.1 Å². The maximum Gasteiger partial charge on any atom is 0.147 e. The molecular weight excluding hydrogens is 226 g/mol. The molecule has 0 saturated carbocycles. The highest BCUT2D eigenvalue weighted by Gasteiger charge is 2.06. The number of aryl methyl sites for hydroxylation is 1. The zero-order valence-corrected chi connectivity index (χ0v) is 10.7. The summed E-state index contributed by atoms with van der Waals surface area (Å²) in [5, 5.41) is 0. The molecule has 0 amide bonds. The lowest BCUT2D eigenvalue weighted by Crippen LogP contribution is -1.98. The van der Waals surface area contributed by atoms with Crippen LogP contribution in [0.25, 0.3) is 0 Å². The number of para-hydroxylation sites is 1. The van der Waals surface area contributed by atoms with Crippen LogP contribution >= 0.6 is 0 Å². The number of benzene rings is 1. The summed E-state index contributed by atoms with van der Waals surface area (Å²) in [6.45, 7) is 3.90. The molecule has 18 heavy (non-hydrogen) atoms. The van der Waals surface area contributed by atoms with E-state index in [4.69, 9.17) is 4.74 Å². The quantitative estimate of drug-likeness (QED) is 0.776. The average molecular weight is 241 g/mol. The van der Waals surface area contributed by atoms with Crippen molar-refractivity contribution in [1.29, 1.82) is 0 Å². The van der Waals surface area contributed by atoms with Gasteiger partial charge < -0.3 is 4.74 Å². The fourth-order valence-electron chi connectivity index (χ4n) is 1.71. The van der Waals surface area contributed by atoms with Crippen LogP contribution in [0.15, 0.2) is 41.8 Å². The molecule has 0 aliphatic rings. The van der Waals surface area contributed by atoms with Crippen molar-refractivity contribution in [2.75, 3.05) is 7.11 Å². The molecule has 2 rings (SSSR count). The molecule has 0 saturated heterocycles. The van der Waals surface area contributed by atoms with E-state index in [1.54, 1.807) is 25.7 Å². The van der Waals surface area contributed by atoms with Crippen molar-refractivity contribution in [1.82, 2.24) is 9.97 Å². The van der Waals surface area contributed by atoms with E-state index in [0.717, 1.165) is 28.4 Å². The first kappa shape index (κ1) is 12.2. The lowest BCUT2D eigenvalue weighted by atomic mass is 10.2. The van der Waals surface area contributed by atoms with Gasteiger partial charge in [0.15, 0.2) is 0 Å². The number of hydrogen-bond donors (Lipinski definition) is 0. The van der Waals surface area contributed by atoms with Gasteiger partial charge in [0, 0.05) is 12.4 Å². The van der Waals surface area contributed by atoms with Crippen LogP contribution in [0.2, 0.25) is 0 Å². The first-order valence-corrected chi connectivity index (χ1v) is 5.67. The van der Waals surface area contributed by atoms with Gasteiger partial charge in [-0.2, -0.15) is 0 Å². The lowest BCUT2D eigenvalue weighted by molar-refractivity contribution is 0.413. The largest absolute Gasteiger partial charge is 0.494 e. The topological polar surface area (TPSA) is 47.4 Å². The predicted molar refractivity (Wildman–Crippen MR) is 71.6 cm³/mol. The molecule has 0 radical (unpaired) electrons. The van der Waals surface area contributed by atoms with Crippen LogP contribution in [0.4, 0.5) is 5.69 Å². The first-order valence-electron chi connectivity index (χ1n) is 5.67. The Morgan fingerprint density at radius 2 is 2.11 bits per heavy atom. The molecule has 0 aliphatic carbocycles. The normalized spacial score (nSPS) is 11.4. The second-order valence-corrected chi connectivity index (χ2v) is 3.92. The van der Waals surface area contributed by atoms with Crippen LogP contribution < -0.4 is 4.74 Å². The molecule has 1 aromatic carbocycles. The van der Waals surface area contributed by atoms with E-state index in [1.165, 1.54) is 0 Å². The number of methoxy groups -OCH3 is 1. The molecule has 1 heterocycles. The van der Waals surface area contributed by atoms with Gasteiger partial charge in [0.25, 0.3) is 0 Å². The van der Waals surface area contributed by atoms with Crippen LogP contribution in [-0.2, 0) is 0 Å². The lowest BCUT2D eigenvalue weighted by Gasteiger charge is -2.08. The Labute approximate surface area is 106 Å². The van der Waals surface area contributed by atoms with Gasteiger partial charge in [-0.05, 0) is 25.5 Å². The summed E-state index contributed by atoms with van der Waals surface area (Å²) >= 11 is 0. The van der Waals surface area contributed by atoms with Crippen molar-refractivity contribution in [3.8, 4) is 5.75 Å². The fraction of sp³-hybridized carbons (Fsp3) is 0.214. The molecule has 0 fully saturated rings. The van der Waals surface area contributed by atoms with Crippen molar-refractivity contribution >= 4 is 11.4 Å². The van der Waals surface area contributed by atoms with E-state index in [1.807, 2.05) is 32.0 Å². The number of rotatable bonds is 3. The minimum Gasteiger partial charge on any atom is -0.494 e. The molecule has 2 aromatic rings. The SMILES string of the molecule is COc1c(C)cccc1N=C(C)c1cnccn1. The summed E-state index contributed by atoms with van der Waals surface area (Å²) in [5.74, 6) is 0.792. The molecule has 1 aromatic heterocycles. The number of aliphatic imine (C=N–C) groups is 1. The van der Waals surface area contributed by atoms with Crippen molar-refractivity contribution < 1.29 is 4.74 Å². The number of ether oxygens (including phenoxy) is 1. The molecule has 0 spiro atoms. The molecule has 0 bridgehead atoms. The molecular formula is C14H15N3O. The van der Waals surface area contributed by atoms with Gasteiger partial charge >= 0.3 is 0 Å². The van der Waals surface area contributed by atoms with Gasteiger partial charge in [-0.15, -0.1) is 0 Å². The highest BCUT2D eigenvalue weighted by Crippen LogP contribution is 2.30. The summed E-state index contributed by atoms with van der Waals surface area (Å²) < 4.78 is 5.37. The smallest absolute Gasteiger partial charge is 0.147 e. The third-order valence-electron chi connectivity index (χ3n) is 2.62. The number of aromatic nitrogens is 2. The maximum atomic E-state index is 5.37. The second kappa shape index (κ2) is 5.40. The Hall–Kier alpha value is -2.23. The monoisotopic (exact) mass is 241 g/mol. The molecule has 92 valence electrons. The van der Waals surface area contributed by atoms with Crippen LogP contribution in [0.3, 0.4) is 0 Å². The summed E-state index contributed by atoms with van der Waals surface area (Å²) in [4.78, 5) is 12.8. The van der Waals surface area contributed by atoms with E-state index in [-0.39, 0.29) is 0 Å². The number of nitrogens with zero attached hydrogens (tertiary/aromatic N) is 3. The Balaban J connectivity index is 2.42. The van der Waals surface area contributed by atoms with Crippen LogP contribution in [0, 0.1) is 6.92 Å². The Morgan fingerprint density at radius 3 is 2.78 bits per heavy atom. The predicted octanol–water partition coefficient (Wildman–Crippen LogP) is 2.93. The highest BCUT2D eigenvalue weighted by molar-refractivity contribution is 5.98. The summed E-state index contributed by atoms with van der Waals surface area (Å²) in [7, 11) is 1.65. The standard InChI is InChI=1S/C14H15N3O/c1-10-5-4-6-12(14(10)18-3)17-11(2)13-9-15-7-8-16-13/h4-9H,1-3H3. The molecule has 0 N–H and O–H groups in total. The Bertz CT molecular complexity index is 565. The average Bonchev–Trinajstić information content (AvgIpc) is 2.40. The van der Waals surface area contributed by atoms with Gasteiger partial charge in [-0.25, -0.2) is 4.99 Å². The minimum absolute atomic E-state index is 0.765. The van der Waals surface area contributed by atoms with E-state index in [0.29, 0.717) is 0 Å². The Kier molecular flexibility index (Phi) is 3.67. The molecule has 4 nitrogen and oxygen atoms in total. The zero-order valence-electron chi connectivity index (χ0n) is 10.7. The third-order valence-corrected chi connectivity index (χ3v) is 2.62. The van der Waals surface area contributed by atoms with Gasteiger partial charge in [0.05, 0.1) is 19.0 Å². The summed E-state index contributed by atoms with van der Waals surface area (Å²) in [6.07, 6.45) is 4.99. The van der Waals surface area contributed by atoms with Crippen LogP contribution in [-0.4, -0.2) is 22.8 Å². The van der Waals surface area contributed by atoms with Gasteiger partial charge in [-0.3, -0.25) is 9.97 Å². The minimum atomic E-state index is 0.765. The number of hydrogen-bond acceptors (Lipinski definition) is 4. The van der Waals surface area contributed by atoms with Crippen molar-refractivity contribution in [2.24, 2.45) is 4.99 Å². The fourth-order valence-corrected chi connectivity index (χ4v) is 1.71. The first-order chi connectivity index (χ1) is 8.72. The van der Waals surface area contributed by atoms with E-state index < -0.39 is 0 Å². The summed E-state index contributed by atoms with van der Waals surface area (Å²) in [5.41, 5.74) is 3.44. The molecule has 0 aliphatic heterocycles. The van der Waals surface area contributed by atoms with E-state index in [9.17, 15) is 0 Å². The molecule has 4 heteroatoms.